The molecule has 2 aliphatic rings. The van der Waals surface area contributed by atoms with Crippen LogP contribution in [0, 0.1) is 5.92 Å². The molecule has 1 saturated heterocycles. The van der Waals surface area contributed by atoms with E-state index in [-0.39, 0.29) is 24.0 Å². The minimum Gasteiger partial charge on any atom is -0.393 e. The maximum absolute atomic E-state index is 11.7. The van der Waals surface area contributed by atoms with Crippen molar-refractivity contribution < 1.29 is 14.7 Å². The Kier molecular flexibility index (Phi) is 3.99. The molecule has 5 heteroatoms. The van der Waals surface area contributed by atoms with Gasteiger partial charge in [0.05, 0.1) is 6.10 Å². The van der Waals surface area contributed by atoms with Crippen LogP contribution in [0.25, 0.3) is 0 Å². The fourth-order valence-electron chi connectivity index (χ4n) is 2.63. The van der Waals surface area contributed by atoms with Crippen LogP contribution in [0.1, 0.15) is 38.5 Å². The predicted molar refractivity (Wildman–Crippen MR) is 62.1 cm³/mol. The smallest absolute Gasteiger partial charge is 0.242 e. The van der Waals surface area contributed by atoms with Gasteiger partial charge in [-0.25, -0.2) is 0 Å². The van der Waals surface area contributed by atoms with Gasteiger partial charge in [0.1, 0.15) is 6.04 Å². The summed E-state index contributed by atoms with van der Waals surface area (Å²) < 4.78 is 0. The third-order valence-corrected chi connectivity index (χ3v) is 3.63. The molecule has 1 aliphatic heterocycles. The van der Waals surface area contributed by atoms with Gasteiger partial charge in [0, 0.05) is 13.0 Å². The van der Waals surface area contributed by atoms with E-state index in [1.54, 1.807) is 0 Å². The van der Waals surface area contributed by atoms with Gasteiger partial charge in [-0.2, -0.15) is 0 Å². The second kappa shape index (κ2) is 5.49. The van der Waals surface area contributed by atoms with Gasteiger partial charge in [0.25, 0.3) is 0 Å². The summed E-state index contributed by atoms with van der Waals surface area (Å²) in [5.41, 5.74) is 0. The summed E-state index contributed by atoms with van der Waals surface area (Å²) in [4.78, 5) is 22.7. The summed E-state index contributed by atoms with van der Waals surface area (Å²) in [6.07, 6.45) is 4.58. The van der Waals surface area contributed by atoms with Crippen LogP contribution in [0.15, 0.2) is 0 Å². The summed E-state index contributed by atoms with van der Waals surface area (Å²) in [6, 6.07) is -0.351. The molecule has 3 N–H and O–H groups in total. The number of hydrogen-bond donors (Lipinski definition) is 3. The van der Waals surface area contributed by atoms with Crippen molar-refractivity contribution in [2.75, 3.05) is 6.54 Å². The number of aliphatic hydroxyl groups excluding tert-OH is 1. The molecular weight excluding hydrogens is 220 g/mol. The van der Waals surface area contributed by atoms with Crippen molar-refractivity contribution in [2.45, 2.75) is 50.7 Å². The zero-order chi connectivity index (χ0) is 12.3. The molecule has 1 saturated carbocycles. The van der Waals surface area contributed by atoms with E-state index in [9.17, 15) is 14.7 Å². The van der Waals surface area contributed by atoms with Crippen molar-refractivity contribution in [1.82, 2.24) is 10.6 Å². The summed E-state index contributed by atoms with van der Waals surface area (Å²) in [7, 11) is 0. The maximum atomic E-state index is 11.7. The van der Waals surface area contributed by atoms with E-state index in [0.29, 0.717) is 25.3 Å². The van der Waals surface area contributed by atoms with Gasteiger partial charge >= 0.3 is 0 Å². The van der Waals surface area contributed by atoms with Crippen molar-refractivity contribution in [3.05, 3.63) is 0 Å². The van der Waals surface area contributed by atoms with Crippen LogP contribution in [0.2, 0.25) is 0 Å². The molecule has 0 aromatic heterocycles. The lowest BCUT2D eigenvalue weighted by molar-refractivity contribution is -0.126. The van der Waals surface area contributed by atoms with Crippen molar-refractivity contribution >= 4 is 11.8 Å². The van der Waals surface area contributed by atoms with E-state index < -0.39 is 0 Å². The summed E-state index contributed by atoms with van der Waals surface area (Å²) >= 11 is 0. The number of carbonyl (C=O) groups is 2. The topological polar surface area (TPSA) is 78.4 Å². The van der Waals surface area contributed by atoms with E-state index in [1.807, 2.05) is 0 Å². The molecule has 96 valence electrons. The van der Waals surface area contributed by atoms with Crippen LogP contribution >= 0.6 is 0 Å². The summed E-state index contributed by atoms with van der Waals surface area (Å²) in [5.74, 6) is 0.244. The van der Waals surface area contributed by atoms with E-state index in [0.717, 1.165) is 25.7 Å². The first kappa shape index (κ1) is 12.4. The zero-order valence-electron chi connectivity index (χ0n) is 9.95. The third-order valence-electron chi connectivity index (χ3n) is 3.63. The molecule has 5 nitrogen and oxygen atoms in total. The molecule has 0 aromatic carbocycles. The fraction of sp³-hybridized carbons (Fsp3) is 0.833. The molecule has 2 unspecified atom stereocenters. The first-order chi connectivity index (χ1) is 8.15. The van der Waals surface area contributed by atoms with Gasteiger partial charge in [0.2, 0.25) is 11.8 Å². The molecule has 17 heavy (non-hydrogen) atoms. The zero-order valence-corrected chi connectivity index (χ0v) is 9.95. The molecule has 2 rings (SSSR count). The molecule has 0 bridgehead atoms. The van der Waals surface area contributed by atoms with E-state index in [4.69, 9.17) is 0 Å². The second-order valence-electron chi connectivity index (χ2n) is 5.09. The molecular formula is C12H20N2O3. The largest absolute Gasteiger partial charge is 0.393 e. The molecule has 2 amide bonds. The Hall–Kier alpha value is -1.10. The summed E-state index contributed by atoms with van der Waals surface area (Å²) in [6.45, 7) is 0.613. The minimum atomic E-state index is -0.351. The molecule has 1 aliphatic carbocycles. The second-order valence-corrected chi connectivity index (χ2v) is 5.09. The Balaban J connectivity index is 1.70. The van der Waals surface area contributed by atoms with Crippen LogP contribution in [-0.4, -0.2) is 35.6 Å². The van der Waals surface area contributed by atoms with Crippen molar-refractivity contribution in [3.8, 4) is 0 Å². The molecule has 0 radical (unpaired) electrons. The highest BCUT2D eigenvalue weighted by atomic mass is 16.3. The Morgan fingerprint density at radius 2 is 2.24 bits per heavy atom. The van der Waals surface area contributed by atoms with Gasteiger partial charge in [0.15, 0.2) is 0 Å². The minimum absolute atomic E-state index is 0.0433. The maximum Gasteiger partial charge on any atom is 0.242 e. The Labute approximate surface area is 101 Å². The third kappa shape index (κ3) is 3.43. The Morgan fingerprint density at radius 3 is 2.88 bits per heavy atom. The summed E-state index contributed by atoms with van der Waals surface area (Å²) in [5, 5.41) is 15.0. The Morgan fingerprint density at radius 1 is 1.41 bits per heavy atom. The van der Waals surface area contributed by atoms with Gasteiger partial charge in [-0.05, 0) is 31.6 Å². The molecule has 3 atom stereocenters. The predicted octanol–water partition coefficient (Wildman–Crippen LogP) is -0.0677. The normalized spacial score (nSPS) is 33.2. The number of carbonyl (C=O) groups excluding carboxylic acids is 2. The number of hydrogen-bond acceptors (Lipinski definition) is 3. The average molecular weight is 240 g/mol. The van der Waals surface area contributed by atoms with Gasteiger partial charge in [-0.15, -0.1) is 0 Å². The van der Waals surface area contributed by atoms with E-state index >= 15 is 0 Å². The van der Waals surface area contributed by atoms with Crippen LogP contribution < -0.4 is 10.6 Å². The van der Waals surface area contributed by atoms with Crippen LogP contribution in [0.4, 0.5) is 0 Å². The lowest BCUT2D eigenvalue weighted by Crippen LogP contribution is -2.43. The average Bonchev–Trinajstić information content (AvgIpc) is 2.73. The number of amides is 2. The molecule has 2 fully saturated rings. The van der Waals surface area contributed by atoms with E-state index in [2.05, 4.69) is 10.6 Å². The standard InChI is InChI=1S/C12H20N2O3/c15-9-3-1-2-8(6-9)7-13-12(17)10-4-5-11(16)14-10/h8-10,15H,1-7H2,(H,13,17)(H,14,16)/t8?,9?,10-/m0/s1. The van der Waals surface area contributed by atoms with Crippen molar-refractivity contribution in [2.24, 2.45) is 5.92 Å². The quantitative estimate of drug-likeness (QED) is 0.646. The first-order valence-electron chi connectivity index (χ1n) is 6.40. The lowest BCUT2D eigenvalue weighted by atomic mass is 9.87. The molecule has 0 aromatic rings. The van der Waals surface area contributed by atoms with Crippen molar-refractivity contribution in [3.63, 3.8) is 0 Å². The number of rotatable bonds is 3. The number of aliphatic hydroxyl groups is 1. The van der Waals surface area contributed by atoms with Gasteiger partial charge in [-0.1, -0.05) is 6.42 Å². The Bertz CT molecular complexity index is 306. The highest BCUT2D eigenvalue weighted by molar-refractivity contribution is 5.90. The lowest BCUT2D eigenvalue weighted by Gasteiger charge is -2.26. The number of nitrogens with one attached hydrogen (secondary N) is 2. The highest BCUT2D eigenvalue weighted by Gasteiger charge is 2.28. The first-order valence-corrected chi connectivity index (χ1v) is 6.40. The fourth-order valence-corrected chi connectivity index (χ4v) is 2.63. The van der Waals surface area contributed by atoms with E-state index in [1.165, 1.54) is 0 Å². The van der Waals surface area contributed by atoms with Crippen LogP contribution in [0.5, 0.6) is 0 Å². The van der Waals surface area contributed by atoms with Crippen LogP contribution in [0.3, 0.4) is 0 Å². The van der Waals surface area contributed by atoms with Gasteiger partial charge in [-0.3, -0.25) is 9.59 Å². The molecule has 0 spiro atoms. The monoisotopic (exact) mass is 240 g/mol. The van der Waals surface area contributed by atoms with Crippen LogP contribution in [-0.2, 0) is 9.59 Å². The highest BCUT2D eigenvalue weighted by Crippen LogP contribution is 2.23. The van der Waals surface area contributed by atoms with Gasteiger partial charge < -0.3 is 15.7 Å². The molecule has 1 heterocycles. The van der Waals surface area contributed by atoms with Crippen molar-refractivity contribution in [1.29, 1.82) is 0 Å². The SMILES string of the molecule is O=C1CC[C@@H](C(=O)NCC2CCCC(O)C2)N1.